The molecule has 0 amide bonds. The second kappa shape index (κ2) is 6.56. The van der Waals surface area contributed by atoms with Crippen molar-refractivity contribution >= 4 is 46.0 Å². The molecule has 0 atom stereocenters. The maximum absolute atomic E-state index is 6.37. The van der Waals surface area contributed by atoms with Crippen LogP contribution < -0.4 is 5.46 Å². The van der Waals surface area contributed by atoms with Crippen molar-refractivity contribution < 1.29 is 0 Å². The van der Waals surface area contributed by atoms with E-state index in [1.165, 1.54) is 0 Å². The van der Waals surface area contributed by atoms with Crippen molar-refractivity contribution in [2.45, 2.75) is 0 Å². The Labute approximate surface area is 175 Å². The molecular formula is C26H16BN3. The highest BCUT2D eigenvalue weighted by molar-refractivity contribution is 6.41. The van der Waals surface area contributed by atoms with Crippen molar-refractivity contribution in [2.24, 2.45) is 0 Å². The van der Waals surface area contributed by atoms with Gasteiger partial charge in [-0.1, -0.05) is 84.3 Å². The molecule has 30 heavy (non-hydrogen) atoms. The SMILES string of the molecule is [B]c1cccc2c1c1ccccc1n2-c1nc(-c2ccccc2)c2ccccc2n1. The lowest BCUT2D eigenvalue weighted by atomic mass is 9.91. The number of fused-ring (bicyclic) bond motifs is 4. The van der Waals surface area contributed by atoms with Crippen LogP contribution in [0.5, 0.6) is 0 Å². The summed E-state index contributed by atoms with van der Waals surface area (Å²) in [7, 11) is 6.37. The highest BCUT2D eigenvalue weighted by atomic mass is 15.2. The average molecular weight is 381 g/mol. The Bertz CT molecular complexity index is 1550. The van der Waals surface area contributed by atoms with Gasteiger partial charge in [0.15, 0.2) is 0 Å². The lowest BCUT2D eigenvalue weighted by molar-refractivity contribution is 1.01. The van der Waals surface area contributed by atoms with Crippen LogP contribution in [0.25, 0.3) is 49.9 Å². The fraction of sp³-hybridized carbons (Fsp3) is 0. The molecule has 0 unspecified atom stereocenters. The molecule has 0 aliphatic heterocycles. The van der Waals surface area contributed by atoms with Crippen LogP contribution in [0.15, 0.2) is 97.1 Å². The van der Waals surface area contributed by atoms with Crippen molar-refractivity contribution in [2.75, 3.05) is 0 Å². The van der Waals surface area contributed by atoms with E-state index >= 15 is 0 Å². The minimum Gasteiger partial charge on any atom is -0.278 e. The van der Waals surface area contributed by atoms with E-state index in [-0.39, 0.29) is 0 Å². The standard InChI is InChI=1S/C26H16BN3/c27-20-13-8-16-23-24(20)19-12-5-7-15-22(19)30(23)26-28-21-14-6-4-11-18(21)25(29-26)17-9-2-1-3-10-17/h1-16H. The molecule has 0 bridgehead atoms. The highest BCUT2D eigenvalue weighted by Gasteiger charge is 2.17. The van der Waals surface area contributed by atoms with Gasteiger partial charge in [-0.2, -0.15) is 0 Å². The zero-order chi connectivity index (χ0) is 20.1. The lowest BCUT2D eigenvalue weighted by Gasteiger charge is -2.11. The third-order valence-corrected chi connectivity index (χ3v) is 5.57. The topological polar surface area (TPSA) is 30.7 Å². The molecule has 138 valence electrons. The predicted molar refractivity (Wildman–Crippen MR) is 125 cm³/mol. The summed E-state index contributed by atoms with van der Waals surface area (Å²) >= 11 is 0. The monoisotopic (exact) mass is 381 g/mol. The van der Waals surface area contributed by atoms with E-state index in [1.807, 2.05) is 60.7 Å². The molecule has 6 aromatic rings. The van der Waals surface area contributed by atoms with Crippen molar-refractivity contribution in [3.8, 4) is 17.2 Å². The maximum Gasteiger partial charge on any atom is 0.235 e. The molecule has 0 aliphatic carbocycles. The van der Waals surface area contributed by atoms with Crippen LogP contribution in [0.4, 0.5) is 0 Å². The van der Waals surface area contributed by atoms with Crippen molar-refractivity contribution in [1.82, 2.24) is 14.5 Å². The summed E-state index contributed by atoms with van der Waals surface area (Å²) in [5, 5.41) is 3.17. The van der Waals surface area contributed by atoms with Crippen LogP contribution in [-0.4, -0.2) is 22.4 Å². The third-order valence-electron chi connectivity index (χ3n) is 5.57. The molecule has 4 heteroatoms. The van der Waals surface area contributed by atoms with Gasteiger partial charge in [0.2, 0.25) is 5.95 Å². The van der Waals surface area contributed by atoms with Crippen molar-refractivity contribution in [3.63, 3.8) is 0 Å². The van der Waals surface area contributed by atoms with Gasteiger partial charge in [0.05, 0.1) is 22.2 Å². The van der Waals surface area contributed by atoms with Crippen LogP contribution in [0, 0.1) is 0 Å². The Morgan fingerprint density at radius 1 is 0.600 bits per heavy atom. The molecule has 0 aliphatic rings. The second-order valence-electron chi connectivity index (χ2n) is 7.35. The number of hydrogen-bond donors (Lipinski definition) is 0. The zero-order valence-corrected chi connectivity index (χ0v) is 16.2. The summed E-state index contributed by atoms with van der Waals surface area (Å²) in [6, 6.07) is 32.7. The van der Waals surface area contributed by atoms with E-state index < -0.39 is 0 Å². The molecule has 0 saturated carbocycles. The molecule has 0 fully saturated rings. The largest absolute Gasteiger partial charge is 0.278 e. The fourth-order valence-corrected chi connectivity index (χ4v) is 4.24. The summed E-state index contributed by atoms with van der Waals surface area (Å²) in [6.45, 7) is 0. The number of para-hydroxylation sites is 2. The van der Waals surface area contributed by atoms with Crippen molar-refractivity contribution in [1.29, 1.82) is 0 Å². The first kappa shape index (κ1) is 17.0. The van der Waals surface area contributed by atoms with E-state index in [1.54, 1.807) is 0 Å². The van der Waals surface area contributed by atoms with Crippen LogP contribution in [-0.2, 0) is 0 Å². The number of hydrogen-bond acceptors (Lipinski definition) is 2. The van der Waals surface area contributed by atoms with Gasteiger partial charge in [0.1, 0.15) is 7.85 Å². The van der Waals surface area contributed by atoms with Gasteiger partial charge in [-0.3, -0.25) is 4.57 Å². The Balaban J connectivity index is 1.77. The molecule has 0 saturated heterocycles. The van der Waals surface area contributed by atoms with E-state index in [0.717, 1.165) is 49.4 Å². The van der Waals surface area contributed by atoms with E-state index in [0.29, 0.717) is 5.95 Å². The van der Waals surface area contributed by atoms with Gasteiger partial charge in [-0.25, -0.2) is 9.97 Å². The summed E-state index contributed by atoms with van der Waals surface area (Å²) < 4.78 is 2.11. The Morgan fingerprint density at radius 2 is 1.30 bits per heavy atom. The second-order valence-corrected chi connectivity index (χ2v) is 7.35. The molecule has 2 aromatic heterocycles. The molecule has 0 spiro atoms. The first-order valence-electron chi connectivity index (χ1n) is 9.91. The fourth-order valence-electron chi connectivity index (χ4n) is 4.24. The summed E-state index contributed by atoms with van der Waals surface area (Å²) in [5.41, 5.74) is 5.71. The maximum atomic E-state index is 6.37. The first-order chi connectivity index (χ1) is 14.8. The Kier molecular flexibility index (Phi) is 3.72. The summed E-state index contributed by atoms with van der Waals surface area (Å²) in [5.74, 6) is 0.643. The number of aromatic nitrogens is 3. The van der Waals surface area contributed by atoms with Crippen LogP contribution in [0.3, 0.4) is 0 Å². The Hall–Kier alpha value is -3.92. The molecule has 0 N–H and O–H groups in total. The zero-order valence-electron chi connectivity index (χ0n) is 16.2. The number of benzene rings is 4. The number of rotatable bonds is 2. The van der Waals surface area contributed by atoms with Gasteiger partial charge in [0, 0.05) is 21.7 Å². The minimum absolute atomic E-state index is 0.643. The molecule has 2 heterocycles. The van der Waals surface area contributed by atoms with Gasteiger partial charge < -0.3 is 0 Å². The van der Waals surface area contributed by atoms with Gasteiger partial charge >= 0.3 is 0 Å². The molecular weight excluding hydrogens is 365 g/mol. The average Bonchev–Trinajstić information content (AvgIpc) is 3.14. The Morgan fingerprint density at radius 3 is 2.17 bits per heavy atom. The smallest absolute Gasteiger partial charge is 0.235 e. The lowest BCUT2D eigenvalue weighted by Crippen LogP contribution is -2.05. The normalized spacial score (nSPS) is 11.5. The van der Waals surface area contributed by atoms with Crippen molar-refractivity contribution in [3.05, 3.63) is 97.1 Å². The van der Waals surface area contributed by atoms with E-state index in [2.05, 4.69) is 41.0 Å². The van der Waals surface area contributed by atoms with E-state index in [4.69, 9.17) is 17.8 Å². The molecule has 2 radical (unpaired) electrons. The van der Waals surface area contributed by atoms with Gasteiger partial charge in [-0.05, 0) is 18.2 Å². The minimum atomic E-state index is 0.643. The number of nitrogens with zero attached hydrogens (tertiary/aromatic N) is 3. The van der Waals surface area contributed by atoms with Crippen LogP contribution in [0.2, 0.25) is 0 Å². The highest BCUT2D eigenvalue weighted by Crippen LogP contribution is 2.32. The summed E-state index contributed by atoms with van der Waals surface area (Å²) in [4.78, 5) is 10.00. The molecule has 3 nitrogen and oxygen atoms in total. The van der Waals surface area contributed by atoms with Crippen LogP contribution in [0.1, 0.15) is 0 Å². The van der Waals surface area contributed by atoms with E-state index in [9.17, 15) is 0 Å². The first-order valence-corrected chi connectivity index (χ1v) is 9.91. The molecule has 6 rings (SSSR count). The quantitative estimate of drug-likeness (QED) is 0.387. The van der Waals surface area contributed by atoms with Gasteiger partial charge in [0.25, 0.3) is 0 Å². The van der Waals surface area contributed by atoms with Crippen LogP contribution >= 0.6 is 0 Å². The summed E-state index contributed by atoms with van der Waals surface area (Å²) in [6.07, 6.45) is 0. The van der Waals surface area contributed by atoms with Gasteiger partial charge in [-0.15, -0.1) is 0 Å². The predicted octanol–water partition coefficient (Wildman–Crippen LogP) is 5.19. The molecule has 4 aromatic carbocycles. The third kappa shape index (κ3) is 2.47.